The van der Waals surface area contributed by atoms with Crippen LogP contribution in [0, 0.1) is 18.7 Å². The smallest absolute Gasteiger partial charge is 0.257 e. The molecule has 6 heteroatoms. The van der Waals surface area contributed by atoms with Gasteiger partial charge in [-0.25, -0.2) is 9.07 Å². The van der Waals surface area contributed by atoms with E-state index >= 15 is 0 Å². The average Bonchev–Trinajstić information content (AvgIpc) is 3.02. The minimum absolute atomic E-state index is 0.0432. The van der Waals surface area contributed by atoms with Crippen LogP contribution < -0.4 is 0 Å². The summed E-state index contributed by atoms with van der Waals surface area (Å²) in [7, 11) is 1.83. The van der Waals surface area contributed by atoms with E-state index in [1.807, 2.05) is 14.0 Å². The third-order valence-corrected chi connectivity index (χ3v) is 5.25. The van der Waals surface area contributed by atoms with E-state index < -0.39 is 0 Å². The number of carbonyl (C=O) groups excluding carboxylic acids is 1. The third kappa shape index (κ3) is 3.58. The molecule has 0 aliphatic heterocycles. The summed E-state index contributed by atoms with van der Waals surface area (Å²) >= 11 is 0. The highest BCUT2D eigenvalue weighted by Gasteiger charge is 2.28. The van der Waals surface area contributed by atoms with E-state index in [0.717, 1.165) is 37.1 Å². The van der Waals surface area contributed by atoms with Gasteiger partial charge in [0.2, 0.25) is 0 Å². The molecule has 1 fully saturated rings. The van der Waals surface area contributed by atoms with Crippen molar-refractivity contribution in [3.05, 3.63) is 47.5 Å². The average molecular weight is 345 g/mol. The van der Waals surface area contributed by atoms with Crippen LogP contribution in [0.15, 0.2) is 30.5 Å². The molecule has 25 heavy (non-hydrogen) atoms. The second-order valence-corrected chi connectivity index (χ2v) is 6.81. The van der Waals surface area contributed by atoms with Gasteiger partial charge < -0.3 is 10.0 Å². The van der Waals surface area contributed by atoms with Crippen molar-refractivity contribution in [2.45, 2.75) is 38.6 Å². The number of aliphatic hydroxyl groups is 1. The number of aliphatic hydroxyl groups excluding tert-OH is 1. The molecule has 1 aromatic carbocycles. The number of hydrogen-bond acceptors (Lipinski definition) is 3. The van der Waals surface area contributed by atoms with Crippen LogP contribution in [0.25, 0.3) is 5.69 Å². The molecule has 0 radical (unpaired) electrons. The molecule has 1 aromatic heterocycles. The molecule has 1 aliphatic rings. The molecular weight excluding hydrogens is 321 g/mol. The number of aromatic nitrogens is 2. The quantitative estimate of drug-likeness (QED) is 0.927. The molecule has 1 amide bonds. The maximum Gasteiger partial charge on any atom is 0.257 e. The number of carbonyl (C=O) groups is 1. The van der Waals surface area contributed by atoms with Crippen LogP contribution >= 0.6 is 0 Å². The fourth-order valence-corrected chi connectivity index (χ4v) is 3.53. The predicted molar refractivity (Wildman–Crippen MR) is 93.2 cm³/mol. The minimum atomic E-state index is -0.303. The Morgan fingerprint density at radius 3 is 2.52 bits per heavy atom. The van der Waals surface area contributed by atoms with Crippen molar-refractivity contribution >= 4 is 5.91 Å². The van der Waals surface area contributed by atoms with E-state index in [1.165, 1.54) is 12.1 Å². The lowest BCUT2D eigenvalue weighted by atomic mass is 9.86. The molecule has 0 unspecified atom stereocenters. The molecular formula is C19H24FN3O2. The number of halogens is 1. The molecule has 0 atom stereocenters. The highest BCUT2D eigenvalue weighted by Crippen LogP contribution is 2.28. The van der Waals surface area contributed by atoms with Crippen molar-refractivity contribution < 1.29 is 14.3 Å². The van der Waals surface area contributed by atoms with Gasteiger partial charge in [0, 0.05) is 19.7 Å². The summed E-state index contributed by atoms with van der Waals surface area (Å²) in [6.07, 6.45) is 5.31. The van der Waals surface area contributed by atoms with Crippen LogP contribution in [0.2, 0.25) is 0 Å². The number of benzene rings is 1. The largest absolute Gasteiger partial charge is 0.396 e. The summed E-state index contributed by atoms with van der Waals surface area (Å²) < 4.78 is 14.8. The van der Waals surface area contributed by atoms with Gasteiger partial charge in [0.15, 0.2) is 0 Å². The summed E-state index contributed by atoms with van der Waals surface area (Å²) in [6, 6.07) is 6.24. The van der Waals surface area contributed by atoms with E-state index in [0.29, 0.717) is 11.5 Å². The Kier molecular flexibility index (Phi) is 5.18. The maximum absolute atomic E-state index is 13.1. The van der Waals surface area contributed by atoms with E-state index in [2.05, 4.69) is 5.10 Å². The second-order valence-electron chi connectivity index (χ2n) is 6.81. The van der Waals surface area contributed by atoms with Crippen LogP contribution in [-0.4, -0.2) is 45.4 Å². The molecule has 134 valence electrons. The van der Waals surface area contributed by atoms with Gasteiger partial charge in [-0.1, -0.05) is 0 Å². The van der Waals surface area contributed by atoms with Gasteiger partial charge in [-0.05, 0) is 62.8 Å². The lowest BCUT2D eigenvalue weighted by Crippen LogP contribution is -2.40. The molecule has 0 spiro atoms. The standard InChI is InChI=1S/C19H24FN3O2/c1-13-18(11-21-23(13)17-9-5-15(20)6-10-17)19(25)22(2)16-7-3-14(12-24)4-8-16/h5-6,9-11,14,16,24H,3-4,7-8,12H2,1-2H3. The zero-order valence-electron chi connectivity index (χ0n) is 14.7. The van der Waals surface area contributed by atoms with Gasteiger partial charge in [-0.15, -0.1) is 0 Å². The van der Waals surface area contributed by atoms with Gasteiger partial charge in [0.05, 0.1) is 23.1 Å². The summed E-state index contributed by atoms with van der Waals surface area (Å²) in [6.45, 7) is 2.08. The SMILES string of the molecule is Cc1c(C(=O)N(C)C2CCC(CO)CC2)cnn1-c1ccc(F)cc1. The molecule has 1 heterocycles. The Balaban J connectivity index is 1.75. The Morgan fingerprint density at radius 2 is 1.92 bits per heavy atom. The molecule has 3 rings (SSSR count). The lowest BCUT2D eigenvalue weighted by Gasteiger charge is -2.34. The van der Waals surface area contributed by atoms with Crippen LogP contribution in [0.1, 0.15) is 41.7 Å². The number of rotatable bonds is 4. The third-order valence-electron chi connectivity index (χ3n) is 5.25. The van der Waals surface area contributed by atoms with Crippen molar-refractivity contribution in [1.82, 2.24) is 14.7 Å². The number of nitrogens with zero attached hydrogens (tertiary/aromatic N) is 3. The van der Waals surface area contributed by atoms with E-state index in [4.69, 9.17) is 0 Å². The van der Waals surface area contributed by atoms with Crippen LogP contribution in [-0.2, 0) is 0 Å². The molecule has 0 bridgehead atoms. The van der Waals surface area contributed by atoms with Crippen molar-refractivity contribution in [1.29, 1.82) is 0 Å². The molecule has 0 saturated heterocycles. The Bertz CT molecular complexity index is 734. The van der Waals surface area contributed by atoms with Crippen LogP contribution in [0.3, 0.4) is 0 Å². The number of hydrogen-bond donors (Lipinski definition) is 1. The minimum Gasteiger partial charge on any atom is -0.396 e. The highest BCUT2D eigenvalue weighted by molar-refractivity contribution is 5.95. The Hall–Kier alpha value is -2.21. The first-order valence-corrected chi connectivity index (χ1v) is 8.70. The normalized spacial score (nSPS) is 20.5. The Labute approximate surface area is 147 Å². The lowest BCUT2D eigenvalue weighted by molar-refractivity contribution is 0.0652. The van der Waals surface area contributed by atoms with Gasteiger partial charge in [0.25, 0.3) is 5.91 Å². The van der Waals surface area contributed by atoms with Crippen molar-refractivity contribution in [2.75, 3.05) is 13.7 Å². The van der Waals surface area contributed by atoms with Gasteiger partial charge >= 0.3 is 0 Å². The van der Waals surface area contributed by atoms with Crippen LogP contribution in [0.5, 0.6) is 0 Å². The molecule has 1 saturated carbocycles. The van der Waals surface area contributed by atoms with E-state index in [1.54, 1.807) is 27.9 Å². The first-order chi connectivity index (χ1) is 12.0. The van der Waals surface area contributed by atoms with E-state index in [9.17, 15) is 14.3 Å². The predicted octanol–water partition coefficient (Wildman–Crippen LogP) is 2.94. The monoisotopic (exact) mass is 345 g/mol. The van der Waals surface area contributed by atoms with Crippen molar-refractivity contribution in [3.63, 3.8) is 0 Å². The first-order valence-electron chi connectivity index (χ1n) is 8.70. The summed E-state index contributed by atoms with van der Waals surface area (Å²) in [5.74, 6) is 0.0177. The molecule has 2 aromatic rings. The number of amides is 1. The zero-order chi connectivity index (χ0) is 18.0. The zero-order valence-corrected chi connectivity index (χ0v) is 14.7. The Morgan fingerprint density at radius 1 is 1.28 bits per heavy atom. The maximum atomic E-state index is 13.1. The first kappa shape index (κ1) is 17.6. The second kappa shape index (κ2) is 7.35. The van der Waals surface area contributed by atoms with Gasteiger partial charge in [-0.3, -0.25) is 4.79 Å². The fraction of sp³-hybridized carbons (Fsp3) is 0.474. The summed E-state index contributed by atoms with van der Waals surface area (Å²) in [5, 5.41) is 13.6. The topological polar surface area (TPSA) is 58.4 Å². The molecule has 5 nitrogen and oxygen atoms in total. The van der Waals surface area contributed by atoms with Gasteiger partial charge in [-0.2, -0.15) is 5.10 Å². The van der Waals surface area contributed by atoms with Crippen molar-refractivity contribution in [2.24, 2.45) is 5.92 Å². The van der Waals surface area contributed by atoms with Crippen LogP contribution in [0.4, 0.5) is 4.39 Å². The van der Waals surface area contributed by atoms with E-state index in [-0.39, 0.29) is 24.4 Å². The molecule has 1 N–H and O–H groups in total. The summed E-state index contributed by atoms with van der Waals surface area (Å²) in [4.78, 5) is 14.7. The van der Waals surface area contributed by atoms with Crippen molar-refractivity contribution in [3.8, 4) is 5.69 Å². The highest BCUT2D eigenvalue weighted by atomic mass is 19.1. The fourth-order valence-electron chi connectivity index (χ4n) is 3.53. The molecule has 1 aliphatic carbocycles. The van der Waals surface area contributed by atoms with Gasteiger partial charge in [0.1, 0.15) is 5.82 Å². The summed E-state index contributed by atoms with van der Waals surface area (Å²) in [5.41, 5.74) is 2.03.